The van der Waals surface area contributed by atoms with Gasteiger partial charge in [-0.1, -0.05) is 25.3 Å². The summed E-state index contributed by atoms with van der Waals surface area (Å²) in [6, 6.07) is 4.02. The van der Waals surface area contributed by atoms with E-state index in [1.54, 1.807) is 6.07 Å². The molecule has 0 unspecified atom stereocenters. The first kappa shape index (κ1) is 23.4. The highest BCUT2D eigenvalue weighted by atomic mass is 32.2. The molecule has 2 aliphatic heterocycles. The summed E-state index contributed by atoms with van der Waals surface area (Å²) in [6.45, 7) is -0.442. The lowest BCUT2D eigenvalue weighted by atomic mass is 9.98. The van der Waals surface area contributed by atoms with E-state index in [1.165, 1.54) is 36.4 Å². The number of hydrogen-bond acceptors (Lipinski definition) is 8. The van der Waals surface area contributed by atoms with Gasteiger partial charge >= 0.3 is 0 Å². The standard InChI is InChI=1S/C22H29FN2O6S/c23-13-6-4-5-12(9-13)21-24-15(11-30-21)20(29)25-17-19(28)18(27)16(10-26)31-22(17)32-14-7-2-1-3-8-14/h4-6,9,14-19,22,26-28H,1-3,7-8,10-11H2,(H,25,29)/t15-,16+,17+,18+,19+,22+/m0/s1. The van der Waals surface area contributed by atoms with Gasteiger partial charge in [0.15, 0.2) is 6.04 Å². The molecule has 2 heterocycles. The average Bonchev–Trinajstić information content (AvgIpc) is 3.30. The zero-order valence-electron chi connectivity index (χ0n) is 17.6. The van der Waals surface area contributed by atoms with Crippen LogP contribution in [0.2, 0.25) is 0 Å². The number of nitrogens with zero attached hydrogens (tertiary/aromatic N) is 1. The summed E-state index contributed by atoms with van der Waals surface area (Å²) < 4.78 is 24.9. The number of thioether (sulfide) groups is 1. The first-order valence-corrected chi connectivity index (χ1v) is 12.0. The van der Waals surface area contributed by atoms with Crippen molar-refractivity contribution in [3.05, 3.63) is 35.6 Å². The molecule has 0 spiro atoms. The summed E-state index contributed by atoms with van der Waals surface area (Å²) >= 11 is 1.53. The smallest absolute Gasteiger partial charge is 0.248 e. The third-order valence-electron chi connectivity index (χ3n) is 6.09. The quantitative estimate of drug-likeness (QED) is 0.491. The van der Waals surface area contributed by atoms with Crippen molar-refractivity contribution in [3.63, 3.8) is 0 Å². The lowest BCUT2D eigenvalue weighted by molar-refractivity contribution is -0.174. The number of halogens is 1. The second-order valence-corrected chi connectivity index (χ2v) is 9.81. The molecule has 1 aromatic rings. The van der Waals surface area contributed by atoms with Crippen molar-refractivity contribution in [2.45, 2.75) is 73.2 Å². The van der Waals surface area contributed by atoms with Gasteiger partial charge in [0.1, 0.15) is 36.2 Å². The van der Waals surface area contributed by atoms with Crippen molar-refractivity contribution in [2.75, 3.05) is 13.2 Å². The molecule has 32 heavy (non-hydrogen) atoms. The molecule has 176 valence electrons. The van der Waals surface area contributed by atoms with E-state index >= 15 is 0 Å². The molecule has 10 heteroatoms. The van der Waals surface area contributed by atoms with Gasteiger partial charge in [-0.3, -0.25) is 4.79 Å². The van der Waals surface area contributed by atoms with E-state index in [2.05, 4.69) is 10.3 Å². The van der Waals surface area contributed by atoms with E-state index in [-0.39, 0.29) is 12.5 Å². The summed E-state index contributed by atoms with van der Waals surface area (Å²) in [5.74, 6) is -0.731. The Morgan fingerprint density at radius 2 is 2.00 bits per heavy atom. The van der Waals surface area contributed by atoms with Crippen molar-refractivity contribution in [1.29, 1.82) is 0 Å². The summed E-state index contributed by atoms with van der Waals surface area (Å²) in [5.41, 5.74) is -0.181. The normalized spacial score (nSPS) is 33.4. The summed E-state index contributed by atoms with van der Waals surface area (Å²) in [7, 11) is 0. The van der Waals surface area contributed by atoms with Gasteiger partial charge in [0.05, 0.1) is 12.6 Å². The van der Waals surface area contributed by atoms with Gasteiger partial charge in [0.25, 0.3) is 0 Å². The maximum atomic E-state index is 13.5. The number of ether oxygens (including phenoxy) is 2. The fraction of sp³-hybridized carbons (Fsp3) is 0.636. The van der Waals surface area contributed by atoms with Gasteiger partial charge in [-0.2, -0.15) is 0 Å². The van der Waals surface area contributed by atoms with Crippen LogP contribution in [0.4, 0.5) is 4.39 Å². The number of aliphatic imine (C=N–C) groups is 1. The molecule has 6 atom stereocenters. The second-order valence-electron chi connectivity index (χ2n) is 8.41. The molecule has 0 radical (unpaired) electrons. The number of hydrogen-bond donors (Lipinski definition) is 4. The van der Waals surface area contributed by atoms with Crippen LogP contribution in [0, 0.1) is 5.82 Å². The van der Waals surface area contributed by atoms with Crippen molar-refractivity contribution < 1.29 is 34.0 Å². The minimum Gasteiger partial charge on any atom is -0.475 e. The van der Waals surface area contributed by atoms with Crippen molar-refractivity contribution >= 4 is 23.6 Å². The van der Waals surface area contributed by atoms with Crippen LogP contribution < -0.4 is 5.32 Å². The topological polar surface area (TPSA) is 121 Å². The Kier molecular flexibility index (Phi) is 7.67. The van der Waals surface area contributed by atoms with Crippen LogP contribution >= 0.6 is 11.8 Å². The minimum atomic E-state index is -1.33. The molecular formula is C22H29FN2O6S. The van der Waals surface area contributed by atoms with Gasteiger partial charge in [0.2, 0.25) is 11.8 Å². The van der Waals surface area contributed by atoms with Crippen molar-refractivity contribution in [3.8, 4) is 0 Å². The van der Waals surface area contributed by atoms with Crippen LogP contribution in [-0.4, -0.2) is 81.4 Å². The predicted molar refractivity (Wildman–Crippen MR) is 117 cm³/mol. The van der Waals surface area contributed by atoms with E-state index < -0.39 is 54.2 Å². The number of rotatable bonds is 6. The van der Waals surface area contributed by atoms with Gasteiger partial charge < -0.3 is 30.1 Å². The number of benzene rings is 1. The molecule has 4 N–H and O–H groups in total. The summed E-state index contributed by atoms with van der Waals surface area (Å²) in [4.78, 5) is 17.2. The van der Waals surface area contributed by atoms with E-state index in [0.717, 1.165) is 25.7 Å². The zero-order chi connectivity index (χ0) is 22.7. The Balaban J connectivity index is 1.46. The Bertz CT molecular complexity index is 836. The molecule has 1 amide bonds. The van der Waals surface area contributed by atoms with Gasteiger partial charge in [-0.05, 0) is 31.0 Å². The Hall–Kier alpha value is -1.72. The fourth-order valence-corrected chi connectivity index (χ4v) is 5.88. The highest BCUT2D eigenvalue weighted by Crippen LogP contribution is 2.36. The zero-order valence-corrected chi connectivity index (χ0v) is 18.4. The average molecular weight is 469 g/mol. The third kappa shape index (κ3) is 5.26. The molecule has 3 aliphatic rings. The van der Waals surface area contributed by atoms with E-state index in [4.69, 9.17) is 9.47 Å². The third-order valence-corrected chi connectivity index (χ3v) is 7.62. The van der Waals surface area contributed by atoms with Crippen LogP contribution in [-0.2, 0) is 14.3 Å². The van der Waals surface area contributed by atoms with Crippen LogP contribution in [0.1, 0.15) is 37.7 Å². The van der Waals surface area contributed by atoms with Crippen LogP contribution in [0.15, 0.2) is 29.3 Å². The number of nitrogens with one attached hydrogen (secondary N) is 1. The Morgan fingerprint density at radius 1 is 1.22 bits per heavy atom. The summed E-state index contributed by atoms with van der Waals surface area (Å²) in [6.07, 6.45) is 1.90. The molecule has 1 saturated heterocycles. The molecule has 0 bridgehead atoms. The predicted octanol–water partition coefficient (Wildman–Crippen LogP) is 0.961. The van der Waals surface area contributed by atoms with Crippen molar-refractivity contribution in [2.24, 2.45) is 4.99 Å². The largest absolute Gasteiger partial charge is 0.475 e. The Labute approximate surface area is 190 Å². The van der Waals surface area contributed by atoms with Crippen molar-refractivity contribution in [1.82, 2.24) is 5.32 Å². The minimum absolute atomic E-state index is 0.0103. The molecular weight excluding hydrogens is 439 g/mol. The molecule has 8 nitrogen and oxygen atoms in total. The lowest BCUT2D eigenvalue weighted by Gasteiger charge is -2.43. The molecule has 4 rings (SSSR count). The number of aliphatic hydroxyl groups excluding tert-OH is 3. The van der Waals surface area contributed by atoms with E-state index in [1.807, 2.05) is 0 Å². The monoisotopic (exact) mass is 468 g/mol. The lowest BCUT2D eigenvalue weighted by Crippen LogP contribution is -2.64. The SMILES string of the molecule is O=C(N[C@@H]1[C@@H](O)[C@H](O)[C@@H](CO)O[C@@H]1SC1CCCCC1)[C@@H]1COC(c2cccc(F)c2)=N1. The fourth-order valence-electron chi connectivity index (χ4n) is 4.29. The maximum absolute atomic E-state index is 13.5. The van der Waals surface area contributed by atoms with E-state index in [9.17, 15) is 24.5 Å². The Morgan fingerprint density at radius 3 is 2.72 bits per heavy atom. The molecule has 1 aliphatic carbocycles. The second kappa shape index (κ2) is 10.5. The first-order valence-electron chi connectivity index (χ1n) is 11.0. The first-order chi connectivity index (χ1) is 15.5. The highest BCUT2D eigenvalue weighted by Gasteiger charge is 2.46. The number of carbonyl (C=O) groups excluding carboxylic acids is 1. The van der Waals surface area contributed by atoms with Crippen LogP contribution in [0.25, 0.3) is 0 Å². The van der Waals surface area contributed by atoms with Gasteiger partial charge in [-0.25, -0.2) is 9.38 Å². The maximum Gasteiger partial charge on any atom is 0.248 e. The van der Waals surface area contributed by atoms with E-state index in [0.29, 0.717) is 10.8 Å². The van der Waals surface area contributed by atoms with Crippen LogP contribution in [0.5, 0.6) is 0 Å². The molecule has 0 aromatic heterocycles. The highest BCUT2D eigenvalue weighted by molar-refractivity contribution is 8.00. The number of amides is 1. The van der Waals surface area contributed by atoms with Gasteiger partial charge in [-0.15, -0.1) is 11.8 Å². The number of aliphatic hydroxyl groups is 3. The molecule has 1 aromatic carbocycles. The molecule has 2 fully saturated rings. The van der Waals surface area contributed by atoms with Crippen LogP contribution in [0.3, 0.4) is 0 Å². The summed E-state index contributed by atoms with van der Waals surface area (Å²) in [5, 5.41) is 33.7. The van der Waals surface area contributed by atoms with Gasteiger partial charge in [0, 0.05) is 10.8 Å². The molecule has 1 saturated carbocycles. The number of carbonyl (C=O) groups is 1.